The average Bonchev–Trinajstić information content (AvgIpc) is 2.44. The van der Waals surface area contributed by atoms with E-state index in [9.17, 15) is 4.79 Å². The molecule has 1 aromatic rings. The highest BCUT2D eigenvalue weighted by Crippen LogP contribution is 2.31. The Balaban J connectivity index is 1.99. The average molecular weight is 340 g/mol. The predicted molar refractivity (Wildman–Crippen MR) is 84.9 cm³/mol. The van der Waals surface area contributed by atoms with Gasteiger partial charge in [0, 0.05) is 16.2 Å². The van der Waals surface area contributed by atoms with E-state index in [0.29, 0.717) is 12.6 Å². The zero-order valence-corrected chi connectivity index (χ0v) is 13.7. The molecule has 0 heterocycles. The van der Waals surface area contributed by atoms with Gasteiger partial charge >= 0.3 is 5.97 Å². The second kappa shape index (κ2) is 7.11. The number of carbonyl (C=O) groups is 1. The maximum absolute atomic E-state index is 11.9. The van der Waals surface area contributed by atoms with Crippen LogP contribution >= 0.6 is 15.9 Å². The minimum atomic E-state index is -0.0395. The number of carbonyl (C=O) groups excluding carboxylic acids is 1. The first kappa shape index (κ1) is 15.4. The number of hydrogen-bond donors (Lipinski definition) is 1. The Morgan fingerprint density at radius 3 is 3.00 bits per heavy atom. The number of halogens is 1. The third-order valence-electron chi connectivity index (χ3n) is 3.85. The molecule has 3 nitrogen and oxygen atoms in total. The van der Waals surface area contributed by atoms with Crippen LogP contribution in [0.3, 0.4) is 0 Å². The van der Waals surface area contributed by atoms with Crippen LogP contribution in [-0.2, 0) is 9.53 Å². The van der Waals surface area contributed by atoms with Crippen LogP contribution in [0.15, 0.2) is 22.7 Å². The van der Waals surface area contributed by atoms with Crippen molar-refractivity contribution in [2.24, 2.45) is 5.92 Å². The van der Waals surface area contributed by atoms with E-state index in [0.717, 1.165) is 35.8 Å². The molecule has 1 saturated carbocycles. The maximum atomic E-state index is 11.9. The first-order chi connectivity index (χ1) is 9.61. The van der Waals surface area contributed by atoms with Gasteiger partial charge in [-0.15, -0.1) is 0 Å². The Morgan fingerprint density at radius 2 is 2.25 bits per heavy atom. The molecule has 4 heteroatoms. The van der Waals surface area contributed by atoms with Gasteiger partial charge in [0.15, 0.2) is 0 Å². The van der Waals surface area contributed by atoms with Gasteiger partial charge in [-0.25, -0.2) is 0 Å². The zero-order chi connectivity index (χ0) is 14.5. The van der Waals surface area contributed by atoms with Crippen LogP contribution in [0.5, 0.6) is 0 Å². The van der Waals surface area contributed by atoms with E-state index in [4.69, 9.17) is 4.74 Å². The fourth-order valence-electron chi connectivity index (χ4n) is 2.77. The van der Waals surface area contributed by atoms with Crippen LogP contribution in [0.2, 0.25) is 0 Å². The van der Waals surface area contributed by atoms with Crippen molar-refractivity contribution in [1.82, 2.24) is 0 Å². The van der Waals surface area contributed by atoms with Crippen molar-refractivity contribution in [3.63, 3.8) is 0 Å². The summed E-state index contributed by atoms with van der Waals surface area (Å²) in [6.07, 6.45) is 3.99. The Bertz CT molecular complexity index is 476. The summed E-state index contributed by atoms with van der Waals surface area (Å²) in [4.78, 5) is 11.9. The van der Waals surface area contributed by atoms with E-state index in [-0.39, 0.29) is 11.9 Å². The van der Waals surface area contributed by atoms with E-state index in [1.54, 1.807) is 0 Å². The van der Waals surface area contributed by atoms with Crippen LogP contribution in [0.4, 0.5) is 5.69 Å². The molecule has 0 spiro atoms. The quantitative estimate of drug-likeness (QED) is 0.831. The normalized spacial score (nSPS) is 22.4. The number of esters is 1. The number of hydrogen-bond acceptors (Lipinski definition) is 3. The van der Waals surface area contributed by atoms with Crippen LogP contribution in [0, 0.1) is 12.8 Å². The lowest BCUT2D eigenvalue weighted by molar-refractivity contribution is -0.149. The second-order valence-electron chi connectivity index (χ2n) is 5.39. The molecule has 0 radical (unpaired) electrons. The van der Waals surface area contributed by atoms with E-state index in [1.807, 2.05) is 13.0 Å². The summed E-state index contributed by atoms with van der Waals surface area (Å²) in [5.74, 6) is 0.00657. The maximum Gasteiger partial charge on any atom is 0.308 e. The molecule has 2 rings (SSSR count). The summed E-state index contributed by atoms with van der Waals surface area (Å²) in [6.45, 7) is 4.41. The van der Waals surface area contributed by atoms with Crippen molar-refractivity contribution in [1.29, 1.82) is 0 Å². The van der Waals surface area contributed by atoms with Crippen LogP contribution in [0.1, 0.15) is 38.2 Å². The van der Waals surface area contributed by atoms with Gasteiger partial charge in [0.2, 0.25) is 0 Å². The molecule has 1 N–H and O–H groups in total. The van der Waals surface area contributed by atoms with Gasteiger partial charge in [-0.1, -0.05) is 18.6 Å². The van der Waals surface area contributed by atoms with E-state index < -0.39 is 0 Å². The van der Waals surface area contributed by atoms with Crippen LogP contribution in [0.25, 0.3) is 0 Å². The summed E-state index contributed by atoms with van der Waals surface area (Å²) < 4.78 is 6.26. The van der Waals surface area contributed by atoms with E-state index in [2.05, 4.69) is 40.3 Å². The summed E-state index contributed by atoms with van der Waals surface area (Å²) in [6, 6.07) is 6.55. The van der Waals surface area contributed by atoms with Crippen molar-refractivity contribution >= 4 is 27.6 Å². The Labute approximate surface area is 129 Å². The fraction of sp³-hybridized carbons (Fsp3) is 0.562. The lowest BCUT2D eigenvalue weighted by Crippen LogP contribution is -2.32. The van der Waals surface area contributed by atoms with Crippen LogP contribution in [-0.4, -0.2) is 18.6 Å². The van der Waals surface area contributed by atoms with Crippen LogP contribution < -0.4 is 5.32 Å². The van der Waals surface area contributed by atoms with Gasteiger partial charge in [0.1, 0.15) is 0 Å². The van der Waals surface area contributed by atoms with E-state index in [1.165, 1.54) is 5.56 Å². The summed E-state index contributed by atoms with van der Waals surface area (Å²) >= 11 is 3.62. The number of nitrogens with one attached hydrogen (secondary N) is 1. The highest BCUT2D eigenvalue weighted by molar-refractivity contribution is 9.10. The summed E-state index contributed by atoms with van der Waals surface area (Å²) in [7, 11) is 0. The Kier molecular flexibility index (Phi) is 5.46. The monoisotopic (exact) mass is 339 g/mol. The fourth-order valence-corrected chi connectivity index (χ4v) is 3.15. The number of anilines is 1. The molecule has 1 aliphatic rings. The number of rotatable bonds is 4. The first-order valence-electron chi connectivity index (χ1n) is 7.30. The molecule has 0 aliphatic heterocycles. The smallest absolute Gasteiger partial charge is 0.308 e. The second-order valence-corrected chi connectivity index (χ2v) is 6.19. The Morgan fingerprint density at radius 1 is 1.45 bits per heavy atom. The van der Waals surface area contributed by atoms with Crippen molar-refractivity contribution in [2.45, 2.75) is 45.6 Å². The zero-order valence-electron chi connectivity index (χ0n) is 12.1. The van der Waals surface area contributed by atoms with Gasteiger partial charge in [-0.2, -0.15) is 0 Å². The predicted octanol–water partition coefficient (Wildman–Crippen LogP) is 4.29. The highest BCUT2D eigenvalue weighted by Gasteiger charge is 2.28. The molecule has 1 aliphatic carbocycles. The Hall–Kier alpha value is -1.03. The summed E-state index contributed by atoms with van der Waals surface area (Å²) in [5, 5.41) is 3.56. The van der Waals surface area contributed by atoms with Crippen molar-refractivity contribution in [2.75, 3.05) is 11.9 Å². The van der Waals surface area contributed by atoms with Crippen molar-refractivity contribution in [3.05, 3.63) is 28.2 Å². The SMILES string of the molecule is CCOC(=O)C1CCCC(Nc2cccc(C)c2Br)C1. The van der Waals surface area contributed by atoms with Gasteiger partial charge in [-0.05, 0) is 60.7 Å². The third-order valence-corrected chi connectivity index (χ3v) is 4.90. The molecule has 2 atom stereocenters. The van der Waals surface area contributed by atoms with E-state index >= 15 is 0 Å². The van der Waals surface area contributed by atoms with Gasteiger partial charge in [-0.3, -0.25) is 4.79 Å². The van der Waals surface area contributed by atoms with Crippen molar-refractivity contribution in [3.8, 4) is 0 Å². The third kappa shape index (κ3) is 3.75. The molecule has 0 saturated heterocycles. The molecular weight excluding hydrogens is 318 g/mol. The molecule has 110 valence electrons. The van der Waals surface area contributed by atoms with Crippen molar-refractivity contribution < 1.29 is 9.53 Å². The minimum Gasteiger partial charge on any atom is -0.466 e. The standard InChI is InChI=1S/C16H22BrNO2/c1-3-20-16(19)12-7-5-8-13(10-12)18-14-9-4-6-11(2)15(14)17/h4,6,9,12-13,18H,3,5,7-8,10H2,1-2H3. The summed E-state index contributed by atoms with van der Waals surface area (Å²) in [5.41, 5.74) is 2.33. The largest absolute Gasteiger partial charge is 0.466 e. The molecule has 1 fully saturated rings. The highest BCUT2D eigenvalue weighted by atomic mass is 79.9. The first-order valence-corrected chi connectivity index (χ1v) is 8.09. The molecule has 0 amide bonds. The molecule has 0 aromatic heterocycles. The number of ether oxygens (including phenoxy) is 1. The molecule has 1 aromatic carbocycles. The van der Waals surface area contributed by atoms with Gasteiger partial charge < -0.3 is 10.1 Å². The molecular formula is C16H22BrNO2. The minimum absolute atomic E-state index is 0.0395. The lowest BCUT2D eigenvalue weighted by Gasteiger charge is -2.29. The molecule has 0 bridgehead atoms. The topological polar surface area (TPSA) is 38.3 Å². The lowest BCUT2D eigenvalue weighted by atomic mass is 9.85. The van der Waals surface area contributed by atoms with Gasteiger partial charge in [0.25, 0.3) is 0 Å². The van der Waals surface area contributed by atoms with Gasteiger partial charge in [0.05, 0.1) is 12.5 Å². The molecule has 2 unspecified atom stereocenters. The number of benzene rings is 1. The number of aryl methyl sites for hydroxylation is 1. The molecule has 20 heavy (non-hydrogen) atoms.